The van der Waals surface area contributed by atoms with Gasteiger partial charge in [0, 0.05) is 29.9 Å². The Bertz CT molecular complexity index is 1340. The largest absolute Gasteiger partial charge is 0.321 e. The van der Waals surface area contributed by atoms with Crippen LogP contribution in [0.4, 0.5) is 11.4 Å². The van der Waals surface area contributed by atoms with E-state index in [9.17, 15) is 14.9 Å². The first-order valence-corrected chi connectivity index (χ1v) is 11.1. The summed E-state index contributed by atoms with van der Waals surface area (Å²) in [4.78, 5) is 34.8. The molecule has 3 heterocycles. The van der Waals surface area contributed by atoms with Gasteiger partial charge in [-0.15, -0.1) is 0 Å². The molecule has 0 aliphatic carbocycles. The summed E-state index contributed by atoms with van der Waals surface area (Å²) in [5.41, 5.74) is 2.93. The molecule has 0 radical (unpaired) electrons. The van der Waals surface area contributed by atoms with Crippen LogP contribution in [0, 0.1) is 10.1 Å². The molecule has 4 aromatic rings. The normalized spacial score (nSPS) is 14.2. The highest BCUT2D eigenvalue weighted by atomic mass is 16.6. The van der Waals surface area contributed by atoms with Gasteiger partial charge in [-0.3, -0.25) is 19.8 Å². The molecule has 2 aromatic heterocycles. The van der Waals surface area contributed by atoms with Crippen LogP contribution >= 0.6 is 0 Å². The lowest BCUT2D eigenvalue weighted by atomic mass is 10.1. The molecule has 5 rings (SSSR count). The van der Waals surface area contributed by atoms with Crippen LogP contribution in [-0.4, -0.2) is 48.4 Å². The summed E-state index contributed by atoms with van der Waals surface area (Å²) in [5, 5.41) is 18.2. The Labute approximate surface area is 195 Å². The number of fused-ring (bicyclic) bond motifs is 1. The molecule has 1 fully saturated rings. The van der Waals surface area contributed by atoms with Gasteiger partial charge in [0.15, 0.2) is 0 Å². The molecular weight excluding hydrogens is 434 g/mol. The lowest BCUT2D eigenvalue weighted by Gasteiger charge is -2.26. The smallest absolute Gasteiger partial charge is 0.274 e. The van der Waals surface area contributed by atoms with Crippen LogP contribution in [0.15, 0.2) is 60.9 Å². The Morgan fingerprint density at radius 2 is 1.85 bits per heavy atom. The SMILES string of the molecule is O=C(Nc1ccc(CN2CCCCC2)cc1)c1cc(-c2cccc([N+](=O)[O-])c2)nc2ncnn12. The first kappa shape index (κ1) is 21.7. The minimum atomic E-state index is -0.471. The van der Waals surface area contributed by atoms with Crippen molar-refractivity contribution in [3.8, 4) is 11.3 Å². The van der Waals surface area contributed by atoms with Crippen molar-refractivity contribution in [3.63, 3.8) is 0 Å². The van der Waals surface area contributed by atoms with Crippen molar-refractivity contribution in [2.75, 3.05) is 18.4 Å². The van der Waals surface area contributed by atoms with E-state index in [0.29, 0.717) is 16.9 Å². The van der Waals surface area contributed by atoms with Crippen molar-refractivity contribution < 1.29 is 9.72 Å². The van der Waals surface area contributed by atoms with E-state index in [4.69, 9.17) is 0 Å². The first-order chi connectivity index (χ1) is 16.6. The zero-order chi connectivity index (χ0) is 23.5. The van der Waals surface area contributed by atoms with Gasteiger partial charge >= 0.3 is 0 Å². The van der Waals surface area contributed by atoms with Gasteiger partial charge in [-0.1, -0.05) is 30.7 Å². The van der Waals surface area contributed by atoms with Crippen LogP contribution in [0.1, 0.15) is 35.3 Å². The highest BCUT2D eigenvalue weighted by Gasteiger charge is 2.17. The maximum atomic E-state index is 13.1. The maximum absolute atomic E-state index is 13.1. The summed E-state index contributed by atoms with van der Waals surface area (Å²) in [5.74, 6) is -0.153. The zero-order valence-electron chi connectivity index (χ0n) is 18.4. The number of aromatic nitrogens is 4. The van der Waals surface area contributed by atoms with Crippen LogP contribution < -0.4 is 5.32 Å². The van der Waals surface area contributed by atoms with Gasteiger partial charge in [-0.25, -0.2) is 4.98 Å². The number of carbonyl (C=O) groups excluding carboxylic acids is 1. The molecule has 0 unspecified atom stereocenters. The van der Waals surface area contributed by atoms with Crippen molar-refractivity contribution in [2.45, 2.75) is 25.8 Å². The number of rotatable bonds is 6. The number of hydrogen-bond acceptors (Lipinski definition) is 7. The minimum absolute atomic E-state index is 0.0590. The number of anilines is 1. The fraction of sp³-hybridized carbons (Fsp3) is 0.250. The number of non-ortho nitro benzene ring substituents is 1. The number of nitrogens with one attached hydrogen (secondary N) is 1. The van der Waals surface area contributed by atoms with E-state index in [2.05, 4.69) is 25.3 Å². The number of nitro groups is 1. The summed E-state index contributed by atoms with van der Waals surface area (Å²) in [7, 11) is 0. The molecule has 10 heteroatoms. The second-order valence-corrected chi connectivity index (χ2v) is 8.29. The Kier molecular flexibility index (Phi) is 5.96. The number of amides is 1. The third kappa shape index (κ3) is 4.62. The fourth-order valence-corrected chi connectivity index (χ4v) is 4.16. The number of hydrogen-bond donors (Lipinski definition) is 1. The van der Waals surface area contributed by atoms with E-state index in [1.807, 2.05) is 24.3 Å². The van der Waals surface area contributed by atoms with E-state index in [0.717, 1.165) is 19.6 Å². The third-order valence-electron chi connectivity index (χ3n) is 5.90. The number of nitrogens with zero attached hydrogens (tertiary/aromatic N) is 6. The standard InChI is InChI=1S/C24H23N7O3/c32-23(27-19-9-7-17(8-10-19)15-29-11-2-1-3-12-29)22-14-21(28-24-25-16-26-30(22)24)18-5-4-6-20(13-18)31(33)34/h4-10,13-14,16H,1-3,11-12,15H2,(H,27,32). The second-order valence-electron chi connectivity index (χ2n) is 8.29. The average Bonchev–Trinajstić information content (AvgIpc) is 3.34. The molecule has 1 N–H and O–H groups in total. The van der Waals surface area contributed by atoms with Gasteiger partial charge in [0.25, 0.3) is 17.4 Å². The van der Waals surface area contributed by atoms with Crippen LogP contribution in [0.25, 0.3) is 17.0 Å². The van der Waals surface area contributed by atoms with E-state index < -0.39 is 4.92 Å². The molecule has 1 aliphatic rings. The maximum Gasteiger partial charge on any atom is 0.274 e. The average molecular weight is 457 g/mol. The van der Waals surface area contributed by atoms with E-state index in [-0.39, 0.29) is 23.1 Å². The van der Waals surface area contributed by atoms with E-state index in [1.165, 1.54) is 47.8 Å². The minimum Gasteiger partial charge on any atom is -0.321 e. The van der Waals surface area contributed by atoms with Gasteiger partial charge in [-0.05, 0) is 49.7 Å². The number of likely N-dealkylation sites (tertiary alicyclic amines) is 1. The summed E-state index contributed by atoms with van der Waals surface area (Å²) in [6, 6.07) is 15.5. The third-order valence-corrected chi connectivity index (χ3v) is 5.90. The number of carbonyl (C=O) groups is 1. The van der Waals surface area contributed by atoms with Crippen molar-refractivity contribution >= 4 is 23.1 Å². The summed E-state index contributed by atoms with van der Waals surface area (Å²) in [6.45, 7) is 3.16. The monoisotopic (exact) mass is 457 g/mol. The summed E-state index contributed by atoms with van der Waals surface area (Å²) < 4.78 is 1.35. The first-order valence-electron chi connectivity index (χ1n) is 11.1. The molecule has 1 aliphatic heterocycles. The number of benzene rings is 2. The molecule has 0 atom stereocenters. The molecule has 172 valence electrons. The Hall–Kier alpha value is -4.18. The molecule has 0 saturated carbocycles. The van der Waals surface area contributed by atoms with Crippen molar-refractivity contribution in [3.05, 3.63) is 82.3 Å². The Morgan fingerprint density at radius 3 is 2.62 bits per heavy atom. The van der Waals surface area contributed by atoms with Gasteiger partial charge in [-0.2, -0.15) is 14.6 Å². The van der Waals surface area contributed by atoms with Gasteiger partial charge in [0.1, 0.15) is 12.0 Å². The van der Waals surface area contributed by atoms with Gasteiger partial charge in [0.2, 0.25) is 0 Å². The van der Waals surface area contributed by atoms with Crippen molar-refractivity contribution in [2.24, 2.45) is 0 Å². The topological polar surface area (TPSA) is 119 Å². The van der Waals surface area contributed by atoms with Crippen molar-refractivity contribution in [1.29, 1.82) is 0 Å². The van der Waals surface area contributed by atoms with Gasteiger partial charge in [0.05, 0.1) is 10.6 Å². The molecule has 0 bridgehead atoms. The molecule has 34 heavy (non-hydrogen) atoms. The Morgan fingerprint density at radius 1 is 1.06 bits per heavy atom. The molecule has 1 saturated heterocycles. The van der Waals surface area contributed by atoms with Gasteiger partial charge < -0.3 is 5.32 Å². The van der Waals surface area contributed by atoms with E-state index >= 15 is 0 Å². The zero-order valence-corrected chi connectivity index (χ0v) is 18.4. The highest BCUT2D eigenvalue weighted by Crippen LogP contribution is 2.24. The van der Waals surface area contributed by atoms with Crippen LogP contribution in [0.2, 0.25) is 0 Å². The molecule has 2 aromatic carbocycles. The summed E-state index contributed by atoms with van der Waals surface area (Å²) in [6.07, 6.45) is 5.11. The molecule has 1 amide bonds. The lowest BCUT2D eigenvalue weighted by Crippen LogP contribution is -2.29. The predicted molar refractivity (Wildman–Crippen MR) is 126 cm³/mol. The number of piperidine rings is 1. The summed E-state index contributed by atoms with van der Waals surface area (Å²) >= 11 is 0. The molecular formula is C24H23N7O3. The van der Waals surface area contributed by atoms with Crippen LogP contribution in [-0.2, 0) is 6.54 Å². The van der Waals surface area contributed by atoms with Crippen LogP contribution in [0.5, 0.6) is 0 Å². The fourth-order valence-electron chi connectivity index (χ4n) is 4.16. The van der Waals surface area contributed by atoms with E-state index in [1.54, 1.807) is 18.2 Å². The second kappa shape index (κ2) is 9.36. The quantitative estimate of drug-likeness (QED) is 0.344. The van der Waals surface area contributed by atoms with Crippen molar-refractivity contribution in [1.82, 2.24) is 24.5 Å². The number of nitro benzene ring substituents is 1. The predicted octanol–water partition coefficient (Wildman–Crippen LogP) is 3.94. The lowest BCUT2D eigenvalue weighted by molar-refractivity contribution is -0.384. The molecule has 10 nitrogen and oxygen atoms in total. The Balaban J connectivity index is 1.38. The highest BCUT2D eigenvalue weighted by molar-refractivity contribution is 6.03. The van der Waals surface area contributed by atoms with Crippen LogP contribution in [0.3, 0.4) is 0 Å². The molecule has 0 spiro atoms.